The normalized spacial score (nSPS) is 10.4. The van der Waals surface area contributed by atoms with E-state index in [9.17, 15) is 4.79 Å². The van der Waals surface area contributed by atoms with Crippen molar-refractivity contribution in [2.45, 2.75) is 20.3 Å². The van der Waals surface area contributed by atoms with Gasteiger partial charge in [-0.1, -0.05) is 41.8 Å². The molecule has 24 heavy (non-hydrogen) atoms. The SMILES string of the molecule is C#CCOc1ccccc1/C=N/NC(=O)Cc1ccc(C)cc1C. The van der Waals surface area contributed by atoms with Crippen LogP contribution in [0.1, 0.15) is 22.3 Å². The minimum atomic E-state index is -0.166. The molecule has 1 amide bonds. The van der Waals surface area contributed by atoms with Crippen molar-refractivity contribution >= 4 is 12.1 Å². The molecule has 0 radical (unpaired) electrons. The van der Waals surface area contributed by atoms with Crippen molar-refractivity contribution in [2.75, 3.05) is 6.61 Å². The number of nitrogens with zero attached hydrogens (tertiary/aromatic N) is 1. The molecule has 2 aromatic rings. The lowest BCUT2D eigenvalue weighted by atomic mass is 10.0. The molecule has 0 unspecified atom stereocenters. The van der Waals surface area contributed by atoms with Gasteiger partial charge in [-0.3, -0.25) is 4.79 Å². The van der Waals surface area contributed by atoms with Crippen LogP contribution >= 0.6 is 0 Å². The molecule has 0 bridgehead atoms. The zero-order valence-electron chi connectivity index (χ0n) is 13.9. The van der Waals surface area contributed by atoms with Gasteiger partial charge in [-0.15, -0.1) is 6.42 Å². The summed E-state index contributed by atoms with van der Waals surface area (Å²) < 4.78 is 5.43. The number of hydrazone groups is 1. The molecular formula is C20H20N2O2. The minimum absolute atomic E-state index is 0.166. The molecule has 0 atom stereocenters. The quantitative estimate of drug-likeness (QED) is 0.505. The van der Waals surface area contributed by atoms with Crippen LogP contribution in [-0.4, -0.2) is 18.7 Å². The summed E-state index contributed by atoms with van der Waals surface area (Å²) in [6.07, 6.45) is 7.03. The average Bonchev–Trinajstić information content (AvgIpc) is 2.56. The topological polar surface area (TPSA) is 50.7 Å². The van der Waals surface area contributed by atoms with Crippen molar-refractivity contribution in [2.24, 2.45) is 5.10 Å². The van der Waals surface area contributed by atoms with Gasteiger partial charge in [0.1, 0.15) is 12.4 Å². The Bertz CT molecular complexity index is 788. The average molecular weight is 320 g/mol. The number of carbonyl (C=O) groups excluding carboxylic acids is 1. The lowest BCUT2D eigenvalue weighted by Crippen LogP contribution is -2.20. The van der Waals surface area contributed by atoms with Gasteiger partial charge in [0, 0.05) is 5.56 Å². The van der Waals surface area contributed by atoms with E-state index in [2.05, 4.69) is 22.5 Å². The van der Waals surface area contributed by atoms with Crippen molar-refractivity contribution < 1.29 is 9.53 Å². The standard InChI is InChI=1S/C20H20N2O2/c1-4-11-24-19-8-6-5-7-18(19)14-21-22-20(23)13-17-10-9-15(2)12-16(17)3/h1,5-10,12,14H,11,13H2,2-3H3,(H,22,23)/b21-14+. The zero-order valence-corrected chi connectivity index (χ0v) is 13.9. The van der Waals surface area contributed by atoms with Crippen molar-refractivity contribution in [3.8, 4) is 18.1 Å². The largest absolute Gasteiger partial charge is 0.480 e. The summed E-state index contributed by atoms with van der Waals surface area (Å²) in [7, 11) is 0. The van der Waals surface area contributed by atoms with E-state index in [1.807, 2.05) is 44.2 Å². The molecular weight excluding hydrogens is 300 g/mol. The Labute approximate surface area is 142 Å². The van der Waals surface area contributed by atoms with E-state index in [0.29, 0.717) is 12.2 Å². The summed E-state index contributed by atoms with van der Waals surface area (Å²) in [6.45, 7) is 4.21. The third kappa shape index (κ3) is 4.99. The van der Waals surface area contributed by atoms with Crippen LogP contribution in [0.4, 0.5) is 0 Å². The number of ether oxygens (including phenoxy) is 1. The molecule has 0 saturated heterocycles. The highest BCUT2D eigenvalue weighted by Gasteiger charge is 2.05. The molecule has 4 nitrogen and oxygen atoms in total. The number of benzene rings is 2. The van der Waals surface area contributed by atoms with E-state index in [0.717, 1.165) is 16.7 Å². The maximum Gasteiger partial charge on any atom is 0.244 e. The summed E-state index contributed by atoms with van der Waals surface area (Å²) in [6, 6.07) is 13.4. The molecule has 0 aliphatic rings. The second-order valence-corrected chi connectivity index (χ2v) is 5.43. The van der Waals surface area contributed by atoms with Crippen LogP contribution in [0.2, 0.25) is 0 Å². The first-order chi connectivity index (χ1) is 11.6. The molecule has 2 rings (SSSR count). The van der Waals surface area contributed by atoms with Gasteiger partial charge < -0.3 is 4.74 Å². The van der Waals surface area contributed by atoms with E-state index < -0.39 is 0 Å². The van der Waals surface area contributed by atoms with Crippen LogP contribution in [0.5, 0.6) is 5.75 Å². The maximum atomic E-state index is 12.0. The van der Waals surface area contributed by atoms with Crippen LogP contribution in [0.25, 0.3) is 0 Å². The molecule has 1 N–H and O–H groups in total. The second kappa shape index (κ2) is 8.54. The Balaban J connectivity index is 1.96. The van der Waals surface area contributed by atoms with E-state index in [1.165, 1.54) is 5.56 Å². The van der Waals surface area contributed by atoms with Gasteiger partial charge in [-0.05, 0) is 37.1 Å². The second-order valence-electron chi connectivity index (χ2n) is 5.43. The van der Waals surface area contributed by atoms with Gasteiger partial charge in [0.25, 0.3) is 0 Å². The van der Waals surface area contributed by atoms with Crippen LogP contribution in [0, 0.1) is 26.2 Å². The Kier molecular flexibility index (Phi) is 6.16. The van der Waals surface area contributed by atoms with Gasteiger partial charge in [0.15, 0.2) is 0 Å². The lowest BCUT2D eigenvalue weighted by Gasteiger charge is -2.07. The summed E-state index contributed by atoms with van der Waals surface area (Å²) in [5.74, 6) is 2.88. The predicted molar refractivity (Wildman–Crippen MR) is 96.1 cm³/mol. The van der Waals surface area contributed by atoms with Crippen molar-refractivity contribution in [1.29, 1.82) is 0 Å². The third-order valence-corrected chi connectivity index (χ3v) is 3.47. The monoisotopic (exact) mass is 320 g/mol. The Morgan fingerprint density at radius 1 is 1.29 bits per heavy atom. The van der Waals surface area contributed by atoms with Crippen LogP contribution in [0.15, 0.2) is 47.6 Å². The molecule has 4 heteroatoms. The Morgan fingerprint density at radius 3 is 2.83 bits per heavy atom. The number of nitrogens with one attached hydrogen (secondary N) is 1. The Hall–Kier alpha value is -3.06. The van der Waals surface area contributed by atoms with Gasteiger partial charge in [0.05, 0.1) is 12.6 Å². The van der Waals surface area contributed by atoms with E-state index >= 15 is 0 Å². The lowest BCUT2D eigenvalue weighted by molar-refractivity contribution is -0.120. The van der Waals surface area contributed by atoms with Crippen LogP contribution in [0.3, 0.4) is 0 Å². The number of aryl methyl sites for hydroxylation is 2. The number of amides is 1. The predicted octanol–water partition coefficient (Wildman–Crippen LogP) is 3.01. The van der Waals surface area contributed by atoms with E-state index in [4.69, 9.17) is 11.2 Å². The fourth-order valence-corrected chi connectivity index (χ4v) is 2.27. The summed E-state index contributed by atoms with van der Waals surface area (Å²) in [5, 5.41) is 4.00. The highest BCUT2D eigenvalue weighted by Crippen LogP contribution is 2.15. The van der Waals surface area contributed by atoms with Crippen LogP contribution < -0.4 is 10.2 Å². The molecule has 122 valence electrons. The molecule has 0 aliphatic heterocycles. The van der Waals surface area contributed by atoms with Gasteiger partial charge >= 0.3 is 0 Å². The zero-order chi connectivity index (χ0) is 17.4. The highest BCUT2D eigenvalue weighted by atomic mass is 16.5. The van der Waals surface area contributed by atoms with Gasteiger partial charge in [-0.2, -0.15) is 5.10 Å². The van der Waals surface area contributed by atoms with E-state index in [1.54, 1.807) is 12.3 Å². The third-order valence-electron chi connectivity index (χ3n) is 3.47. The van der Waals surface area contributed by atoms with Crippen molar-refractivity contribution in [3.63, 3.8) is 0 Å². The molecule has 0 spiro atoms. The number of para-hydroxylation sites is 1. The molecule has 0 saturated carbocycles. The first-order valence-electron chi connectivity index (χ1n) is 7.63. The molecule has 0 aliphatic carbocycles. The van der Waals surface area contributed by atoms with Crippen LogP contribution in [-0.2, 0) is 11.2 Å². The van der Waals surface area contributed by atoms with Crippen molar-refractivity contribution in [3.05, 3.63) is 64.7 Å². The molecule has 0 heterocycles. The van der Waals surface area contributed by atoms with Crippen molar-refractivity contribution in [1.82, 2.24) is 5.43 Å². The fraction of sp³-hybridized carbons (Fsp3) is 0.200. The van der Waals surface area contributed by atoms with Gasteiger partial charge in [0.2, 0.25) is 5.91 Å². The first-order valence-corrected chi connectivity index (χ1v) is 7.63. The smallest absolute Gasteiger partial charge is 0.244 e. The first kappa shape index (κ1) is 17.3. The van der Waals surface area contributed by atoms with E-state index in [-0.39, 0.29) is 12.5 Å². The molecule has 0 aromatic heterocycles. The summed E-state index contributed by atoms with van der Waals surface area (Å²) >= 11 is 0. The number of terminal acetylenes is 1. The minimum Gasteiger partial charge on any atom is -0.480 e. The molecule has 2 aromatic carbocycles. The summed E-state index contributed by atoms with van der Waals surface area (Å²) in [5.41, 5.74) is 6.56. The number of hydrogen-bond donors (Lipinski definition) is 1. The summed E-state index contributed by atoms with van der Waals surface area (Å²) in [4.78, 5) is 12.0. The number of carbonyl (C=O) groups is 1. The fourth-order valence-electron chi connectivity index (χ4n) is 2.27. The van der Waals surface area contributed by atoms with Gasteiger partial charge in [-0.25, -0.2) is 5.43 Å². The number of hydrogen-bond acceptors (Lipinski definition) is 3. The number of rotatable bonds is 6. The Morgan fingerprint density at radius 2 is 2.08 bits per heavy atom. The highest BCUT2D eigenvalue weighted by molar-refractivity contribution is 5.85. The maximum absolute atomic E-state index is 12.0. The molecule has 0 fully saturated rings.